The highest BCUT2D eigenvalue weighted by atomic mass is 32.1. The number of pyridine rings is 1. The maximum atomic E-state index is 11.4. The molecule has 0 unspecified atom stereocenters. The van der Waals surface area contributed by atoms with Gasteiger partial charge in [0.25, 0.3) is 0 Å². The van der Waals surface area contributed by atoms with Crippen molar-refractivity contribution in [2.45, 2.75) is 6.42 Å². The summed E-state index contributed by atoms with van der Waals surface area (Å²) in [6.45, 7) is 0. The second-order valence-corrected chi connectivity index (χ2v) is 5.74. The molecule has 7 heteroatoms. The highest BCUT2D eigenvalue weighted by molar-refractivity contribution is 7.15. The van der Waals surface area contributed by atoms with Crippen LogP contribution in [0.3, 0.4) is 0 Å². The first kappa shape index (κ1) is 14.3. The van der Waals surface area contributed by atoms with Gasteiger partial charge >= 0.3 is 6.03 Å². The molecule has 0 aliphatic carbocycles. The molecule has 0 aromatic carbocycles. The number of carbonyl (C=O) groups excluding carboxylic acids is 2. The largest absolute Gasteiger partial charge is 0.351 e. The first-order chi connectivity index (χ1) is 10.6. The lowest BCUT2D eigenvalue weighted by Crippen LogP contribution is -2.34. The molecule has 3 amide bonds. The van der Waals surface area contributed by atoms with Gasteiger partial charge in [0.05, 0.1) is 0 Å². The molecule has 111 valence electrons. The monoisotopic (exact) mass is 313 g/mol. The van der Waals surface area contributed by atoms with Crippen LogP contribution in [0.5, 0.6) is 0 Å². The van der Waals surface area contributed by atoms with Gasteiger partial charge in [-0.2, -0.15) is 0 Å². The van der Waals surface area contributed by atoms with Crippen molar-refractivity contribution < 1.29 is 9.59 Å². The quantitative estimate of drug-likeness (QED) is 0.689. The van der Waals surface area contributed by atoms with Gasteiger partial charge in [-0.15, -0.1) is 11.3 Å². The van der Waals surface area contributed by atoms with E-state index in [0.717, 1.165) is 26.4 Å². The van der Waals surface area contributed by atoms with Crippen LogP contribution in [-0.2, 0) is 4.79 Å². The highest BCUT2D eigenvalue weighted by Gasteiger charge is 2.11. The zero-order valence-corrected chi connectivity index (χ0v) is 12.3. The maximum Gasteiger partial charge on any atom is 0.318 e. The van der Waals surface area contributed by atoms with Crippen LogP contribution in [0.25, 0.3) is 21.5 Å². The van der Waals surface area contributed by atoms with Gasteiger partial charge in [0, 0.05) is 45.9 Å². The van der Waals surface area contributed by atoms with Crippen molar-refractivity contribution >= 4 is 34.3 Å². The van der Waals surface area contributed by atoms with Crippen LogP contribution >= 0.6 is 11.3 Å². The first-order valence-electron chi connectivity index (χ1n) is 6.58. The molecule has 0 saturated heterocycles. The zero-order chi connectivity index (χ0) is 15.5. The number of carbonyl (C=O) groups is 2. The third-order valence-electron chi connectivity index (χ3n) is 3.09. The number of urea groups is 1. The Bertz CT molecular complexity index is 837. The average Bonchev–Trinajstić information content (AvgIpc) is 3.10. The third-order valence-corrected chi connectivity index (χ3v) is 4.21. The molecule has 6 nitrogen and oxygen atoms in total. The lowest BCUT2D eigenvalue weighted by atomic mass is 10.2. The number of nitrogens with two attached hydrogens (primary N) is 1. The second kappa shape index (κ2) is 5.98. The van der Waals surface area contributed by atoms with Crippen molar-refractivity contribution in [3.8, 4) is 10.4 Å². The van der Waals surface area contributed by atoms with Crippen molar-refractivity contribution in [3.05, 3.63) is 48.0 Å². The normalized spacial score (nSPS) is 10.7. The van der Waals surface area contributed by atoms with Crippen LogP contribution in [0.1, 0.15) is 11.3 Å². The molecule has 0 saturated carbocycles. The number of amides is 3. The van der Waals surface area contributed by atoms with Gasteiger partial charge in [-0.25, -0.2) is 9.78 Å². The van der Waals surface area contributed by atoms with Gasteiger partial charge in [0.15, 0.2) is 0 Å². The summed E-state index contributed by atoms with van der Waals surface area (Å²) in [6, 6.07) is 7.01. The highest BCUT2D eigenvalue weighted by Crippen LogP contribution is 2.33. The molecule has 0 atom stereocenters. The Labute approximate surface area is 130 Å². The number of aromatic amines is 1. The lowest BCUT2D eigenvalue weighted by Gasteiger charge is -1.98. The van der Waals surface area contributed by atoms with Gasteiger partial charge in [-0.3, -0.25) is 10.1 Å². The fourth-order valence-corrected chi connectivity index (χ4v) is 3.12. The van der Waals surface area contributed by atoms with E-state index < -0.39 is 11.9 Å². The van der Waals surface area contributed by atoms with E-state index in [0.29, 0.717) is 0 Å². The van der Waals surface area contributed by atoms with E-state index >= 15 is 0 Å². The van der Waals surface area contributed by atoms with Gasteiger partial charge in [0.2, 0.25) is 5.91 Å². The first-order valence-corrected chi connectivity index (χ1v) is 7.40. The van der Waals surface area contributed by atoms with Crippen LogP contribution in [0.2, 0.25) is 0 Å². The van der Waals surface area contributed by atoms with Crippen molar-refractivity contribution in [1.29, 1.82) is 0 Å². The molecular weight excluding hydrogens is 300 g/mol. The molecule has 22 heavy (non-hydrogen) atoms. The molecule has 3 aromatic rings. The number of hydrogen-bond donors (Lipinski definition) is 3. The number of hydrogen-bond acceptors (Lipinski definition) is 4. The predicted octanol–water partition coefficient (Wildman–Crippen LogP) is 2.43. The molecule has 0 bridgehead atoms. The number of H-pyrrole nitrogens is 1. The number of aromatic nitrogens is 2. The topological polar surface area (TPSA) is 101 Å². The molecule has 0 fully saturated rings. The van der Waals surface area contributed by atoms with E-state index in [9.17, 15) is 9.59 Å². The van der Waals surface area contributed by atoms with Gasteiger partial charge in [-0.05, 0) is 24.3 Å². The fourth-order valence-electron chi connectivity index (χ4n) is 2.15. The molecular formula is C15H13N4O2S. The summed E-state index contributed by atoms with van der Waals surface area (Å²) in [5.74, 6) is -0.418. The van der Waals surface area contributed by atoms with E-state index in [1.54, 1.807) is 24.0 Å². The Hall–Kier alpha value is -2.67. The fraction of sp³-hybridized carbons (Fsp3) is 0.0667. The van der Waals surface area contributed by atoms with Crippen LogP contribution in [0, 0.1) is 6.42 Å². The maximum absolute atomic E-state index is 11.4. The number of imide groups is 1. The number of fused-ring (bicyclic) bond motifs is 1. The van der Waals surface area contributed by atoms with Gasteiger partial charge in [0.1, 0.15) is 5.65 Å². The molecule has 0 aliphatic heterocycles. The third kappa shape index (κ3) is 2.99. The molecule has 0 spiro atoms. The number of nitrogens with one attached hydrogen (secondary N) is 2. The van der Waals surface area contributed by atoms with E-state index in [1.807, 2.05) is 35.8 Å². The summed E-state index contributed by atoms with van der Waals surface area (Å²) in [4.78, 5) is 31.4. The summed E-state index contributed by atoms with van der Waals surface area (Å²) in [7, 11) is 0. The van der Waals surface area contributed by atoms with Crippen LogP contribution < -0.4 is 11.1 Å². The van der Waals surface area contributed by atoms with Crippen molar-refractivity contribution in [2.75, 3.05) is 0 Å². The van der Waals surface area contributed by atoms with E-state index in [-0.39, 0.29) is 6.42 Å². The Morgan fingerprint density at radius 1 is 1.36 bits per heavy atom. The van der Waals surface area contributed by atoms with Gasteiger partial charge < -0.3 is 10.7 Å². The van der Waals surface area contributed by atoms with Crippen molar-refractivity contribution in [3.63, 3.8) is 0 Å². The minimum Gasteiger partial charge on any atom is -0.351 e. The molecule has 3 heterocycles. The predicted molar refractivity (Wildman–Crippen MR) is 85.2 cm³/mol. The summed E-state index contributed by atoms with van der Waals surface area (Å²) in [5.41, 5.74) is 6.81. The minimum atomic E-state index is -0.837. The Morgan fingerprint density at radius 3 is 3.05 bits per heavy atom. The van der Waals surface area contributed by atoms with Crippen LogP contribution in [0.4, 0.5) is 4.79 Å². The Kier molecular flexibility index (Phi) is 3.88. The zero-order valence-electron chi connectivity index (χ0n) is 11.5. The summed E-state index contributed by atoms with van der Waals surface area (Å²) < 4.78 is 0. The molecule has 0 aliphatic rings. The van der Waals surface area contributed by atoms with E-state index in [4.69, 9.17) is 5.73 Å². The number of rotatable bonds is 4. The second-order valence-electron chi connectivity index (χ2n) is 4.62. The average molecular weight is 313 g/mol. The van der Waals surface area contributed by atoms with Crippen LogP contribution in [0.15, 0.2) is 36.7 Å². The Morgan fingerprint density at radius 2 is 2.23 bits per heavy atom. The van der Waals surface area contributed by atoms with Gasteiger partial charge in [-0.1, -0.05) is 0 Å². The molecule has 4 N–H and O–H groups in total. The summed E-state index contributed by atoms with van der Waals surface area (Å²) in [5, 5.41) is 3.09. The summed E-state index contributed by atoms with van der Waals surface area (Å²) >= 11 is 1.57. The van der Waals surface area contributed by atoms with E-state index in [2.05, 4.69) is 9.97 Å². The lowest BCUT2D eigenvalue weighted by molar-refractivity contribution is -0.119. The Balaban J connectivity index is 1.74. The standard InChI is InChI=1S/C15H13N4O2S/c16-15(21)19-13(20)6-4-9-3-5-12(22-9)11-8-18-14-10(11)2-1-7-17-14/h1-5,7-8H,6H2,(H,17,18)(H3,16,19,20,21). The number of primary amides is 1. The minimum absolute atomic E-state index is 0.109. The molecule has 3 aromatic heterocycles. The smallest absolute Gasteiger partial charge is 0.318 e. The molecule has 3 rings (SSSR count). The summed E-state index contributed by atoms with van der Waals surface area (Å²) in [6.07, 6.45) is 5.54. The van der Waals surface area contributed by atoms with E-state index in [1.165, 1.54) is 0 Å². The SMILES string of the molecule is NC(=O)NC(=O)C[CH]c1ccc(-c2c[nH]c3ncccc23)s1. The number of thiophene rings is 1. The molecule has 1 radical (unpaired) electrons. The van der Waals surface area contributed by atoms with Crippen molar-refractivity contribution in [2.24, 2.45) is 5.73 Å². The number of nitrogens with zero attached hydrogens (tertiary/aromatic N) is 1. The van der Waals surface area contributed by atoms with Crippen LogP contribution in [-0.4, -0.2) is 21.9 Å². The van der Waals surface area contributed by atoms with Crippen molar-refractivity contribution in [1.82, 2.24) is 15.3 Å².